The lowest BCUT2D eigenvalue weighted by Crippen LogP contribution is -1.97. The molecule has 1 aromatic rings. The van der Waals surface area contributed by atoms with E-state index in [2.05, 4.69) is 4.74 Å². The topological polar surface area (TPSA) is 44.8 Å². The molecule has 0 saturated heterocycles. The van der Waals surface area contributed by atoms with E-state index in [-0.39, 0.29) is 12.4 Å². The van der Waals surface area contributed by atoms with Crippen molar-refractivity contribution in [2.24, 2.45) is 0 Å². The highest BCUT2D eigenvalue weighted by Crippen LogP contribution is 2.29. The zero-order valence-electron chi connectivity index (χ0n) is 10.2. The SMILES string of the molecule is COC(=O)CC=Cc1c(OC)cccc1OC. The van der Waals surface area contributed by atoms with Crippen LogP contribution in [0.3, 0.4) is 0 Å². The van der Waals surface area contributed by atoms with Gasteiger partial charge in [0.1, 0.15) is 11.5 Å². The van der Waals surface area contributed by atoms with Crippen molar-refractivity contribution in [3.63, 3.8) is 0 Å². The maximum atomic E-state index is 11.0. The minimum absolute atomic E-state index is 0.220. The summed E-state index contributed by atoms with van der Waals surface area (Å²) >= 11 is 0. The first-order valence-electron chi connectivity index (χ1n) is 5.17. The van der Waals surface area contributed by atoms with Crippen LogP contribution in [0.15, 0.2) is 24.3 Å². The van der Waals surface area contributed by atoms with Crippen LogP contribution in [0.1, 0.15) is 12.0 Å². The molecule has 4 nitrogen and oxygen atoms in total. The lowest BCUT2D eigenvalue weighted by Gasteiger charge is -2.09. The Morgan fingerprint density at radius 3 is 2.24 bits per heavy atom. The van der Waals surface area contributed by atoms with Gasteiger partial charge in [0.15, 0.2) is 0 Å². The second kappa shape index (κ2) is 6.58. The Hall–Kier alpha value is -1.97. The molecule has 17 heavy (non-hydrogen) atoms. The monoisotopic (exact) mass is 236 g/mol. The van der Waals surface area contributed by atoms with Crippen molar-refractivity contribution in [3.8, 4) is 11.5 Å². The maximum Gasteiger partial charge on any atom is 0.309 e. The number of rotatable bonds is 5. The molecule has 0 heterocycles. The summed E-state index contributed by atoms with van der Waals surface area (Å²) in [5, 5.41) is 0. The van der Waals surface area contributed by atoms with Gasteiger partial charge in [0, 0.05) is 0 Å². The molecule has 0 N–H and O–H groups in total. The van der Waals surface area contributed by atoms with Crippen LogP contribution in [-0.4, -0.2) is 27.3 Å². The predicted octanol–water partition coefficient (Wildman–Crippen LogP) is 2.28. The normalized spacial score (nSPS) is 10.3. The summed E-state index contributed by atoms with van der Waals surface area (Å²) in [7, 11) is 4.54. The molecular weight excluding hydrogens is 220 g/mol. The molecule has 1 rings (SSSR count). The molecule has 1 aromatic carbocycles. The summed E-state index contributed by atoms with van der Waals surface area (Å²) in [6.45, 7) is 0. The summed E-state index contributed by atoms with van der Waals surface area (Å²) in [6.07, 6.45) is 3.72. The van der Waals surface area contributed by atoms with E-state index in [4.69, 9.17) is 9.47 Å². The lowest BCUT2D eigenvalue weighted by molar-refractivity contribution is -0.139. The first-order valence-corrected chi connectivity index (χ1v) is 5.17. The van der Waals surface area contributed by atoms with Gasteiger partial charge in [0.05, 0.1) is 33.3 Å². The summed E-state index contributed by atoms with van der Waals surface area (Å²) in [5.74, 6) is 1.12. The summed E-state index contributed by atoms with van der Waals surface area (Å²) in [6, 6.07) is 5.51. The first kappa shape index (κ1) is 13.1. The predicted molar refractivity (Wildman–Crippen MR) is 65.2 cm³/mol. The van der Waals surface area contributed by atoms with E-state index in [1.807, 2.05) is 18.2 Å². The highest BCUT2D eigenvalue weighted by molar-refractivity contribution is 5.73. The number of hydrogen-bond donors (Lipinski definition) is 0. The largest absolute Gasteiger partial charge is 0.496 e. The average molecular weight is 236 g/mol. The van der Waals surface area contributed by atoms with Gasteiger partial charge in [0.2, 0.25) is 0 Å². The van der Waals surface area contributed by atoms with Crippen molar-refractivity contribution in [3.05, 3.63) is 29.8 Å². The summed E-state index contributed by atoms with van der Waals surface area (Å²) in [5.41, 5.74) is 0.807. The third kappa shape index (κ3) is 3.52. The van der Waals surface area contributed by atoms with E-state index < -0.39 is 0 Å². The zero-order valence-corrected chi connectivity index (χ0v) is 10.2. The fourth-order valence-corrected chi connectivity index (χ4v) is 1.40. The highest BCUT2D eigenvalue weighted by atomic mass is 16.5. The maximum absolute atomic E-state index is 11.0. The van der Waals surface area contributed by atoms with Crippen LogP contribution in [0.25, 0.3) is 6.08 Å². The fourth-order valence-electron chi connectivity index (χ4n) is 1.40. The van der Waals surface area contributed by atoms with Crippen molar-refractivity contribution in [2.45, 2.75) is 6.42 Å². The van der Waals surface area contributed by atoms with Gasteiger partial charge in [-0.3, -0.25) is 4.79 Å². The summed E-state index contributed by atoms with van der Waals surface area (Å²) in [4.78, 5) is 11.0. The van der Waals surface area contributed by atoms with E-state index >= 15 is 0 Å². The van der Waals surface area contributed by atoms with Gasteiger partial charge in [-0.15, -0.1) is 0 Å². The molecule has 0 bridgehead atoms. The Bertz CT molecular complexity index is 388. The second-order valence-corrected chi connectivity index (χ2v) is 3.26. The molecule has 0 radical (unpaired) electrons. The smallest absolute Gasteiger partial charge is 0.309 e. The molecule has 0 saturated carbocycles. The van der Waals surface area contributed by atoms with Gasteiger partial charge < -0.3 is 14.2 Å². The Balaban J connectivity index is 2.91. The number of ether oxygens (including phenoxy) is 3. The van der Waals surface area contributed by atoms with Gasteiger partial charge in [-0.2, -0.15) is 0 Å². The van der Waals surface area contributed by atoms with Crippen LogP contribution in [0, 0.1) is 0 Å². The molecule has 0 unspecified atom stereocenters. The minimum atomic E-state index is -0.282. The molecule has 0 fully saturated rings. The van der Waals surface area contributed by atoms with Crippen molar-refractivity contribution in [1.82, 2.24) is 0 Å². The van der Waals surface area contributed by atoms with Crippen LogP contribution in [0.2, 0.25) is 0 Å². The molecule has 0 aliphatic heterocycles. The second-order valence-electron chi connectivity index (χ2n) is 3.26. The Labute approximate surface area is 101 Å². The molecule has 0 spiro atoms. The molecule has 0 aromatic heterocycles. The minimum Gasteiger partial charge on any atom is -0.496 e. The van der Waals surface area contributed by atoms with Crippen LogP contribution in [-0.2, 0) is 9.53 Å². The zero-order chi connectivity index (χ0) is 12.7. The van der Waals surface area contributed by atoms with Gasteiger partial charge >= 0.3 is 5.97 Å². The number of benzene rings is 1. The van der Waals surface area contributed by atoms with E-state index in [9.17, 15) is 4.79 Å². The van der Waals surface area contributed by atoms with Crippen molar-refractivity contribution in [1.29, 1.82) is 0 Å². The number of carbonyl (C=O) groups is 1. The van der Waals surface area contributed by atoms with E-state index in [0.717, 1.165) is 5.56 Å². The van der Waals surface area contributed by atoms with E-state index in [1.165, 1.54) is 7.11 Å². The van der Waals surface area contributed by atoms with Gasteiger partial charge in [-0.1, -0.05) is 18.2 Å². The Kier molecular flexibility index (Phi) is 5.07. The Morgan fingerprint density at radius 2 is 1.76 bits per heavy atom. The van der Waals surface area contributed by atoms with Crippen molar-refractivity contribution >= 4 is 12.0 Å². The van der Waals surface area contributed by atoms with Crippen LogP contribution in [0.5, 0.6) is 11.5 Å². The standard InChI is InChI=1S/C13H16O4/c1-15-11-7-5-8-12(16-2)10(11)6-4-9-13(14)17-3/h4-8H,9H2,1-3H3. The number of carbonyl (C=O) groups excluding carboxylic acids is 1. The average Bonchev–Trinajstić information content (AvgIpc) is 2.38. The number of methoxy groups -OCH3 is 3. The molecule has 0 aliphatic carbocycles. The number of esters is 1. The first-order chi connectivity index (χ1) is 8.22. The van der Waals surface area contributed by atoms with E-state index in [1.54, 1.807) is 26.4 Å². The highest BCUT2D eigenvalue weighted by Gasteiger charge is 2.06. The van der Waals surface area contributed by atoms with Crippen molar-refractivity contribution < 1.29 is 19.0 Å². The molecule has 4 heteroatoms. The Morgan fingerprint density at radius 1 is 1.18 bits per heavy atom. The molecular formula is C13H16O4. The van der Waals surface area contributed by atoms with E-state index in [0.29, 0.717) is 11.5 Å². The van der Waals surface area contributed by atoms with Crippen LogP contribution in [0.4, 0.5) is 0 Å². The van der Waals surface area contributed by atoms with Crippen molar-refractivity contribution in [2.75, 3.05) is 21.3 Å². The van der Waals surface area contributed by atoms with Crippen LogP contribution < -0.4 is 9.47 Å². The van der Waals surface area contributed by atoms with Gasteiger partial charge in [-0.25, -0.2) is 0 Å². The molecule has 0 atom stereocenters. The third-order valence-corrected chi connectivity index (χ3v) is 2.26. The summed E-state index contributed by atoms with van der Waals surface area (Å²) < 4.78 is 15.0. The van der Waals surface area contributed by atoms with Gasteiger partial charge in [-0.05, 0) is 12.1 Å². The number of hydrogen-bond acceptors (Lipinski definition) is 4. The molecule has 92 valence electrons. The quantitative estimate of drug-likeness (QED) is 0.736. The fraction of sp³-hybridized carbons (Fsp3) is 0.308. The third-order valence-electron chi connectivity index (χ3n) is 2.26. The molecule has 0 amide bonds. The van der Waals surface area contributed by atoms with Gasteiger partial charge in [0.25, 0.3) is 0 Å². The lowest BCUT2D eigenvalue weighted by atomic mass is 10.1. The van der Waals surface area contributed by atoms with Crippen LogP contribution >= 0.6 is 0 Å². The molecule has 0 aliphatic rings.